The maximum atomic E-state index is 11.2. The molecule has 1 aliphatic rings. The van der Waals surface area contributed by atoms with Crippen LogP contribution in [0.5, 0.6) is 5.75 Å². The molecule has 1 aromatic carbocycles. The van der Waals surface area contributed by atoms with Crippen molar-refractivity contribution in [1.82, 2.24) is 0 Å². The maximum Gasteiger partial charge on any atom is 0.130 e. The Kier molecular flexibility index (Phi) is 2.51. The van der Waals surface area contributed by atoms with Gasteiger partial charge in [-0.15, -0.1) is 0 Å². The number of aryl methyl sites for hydroxylation is 1. The van der Waals surface area contributed by atoms with Gasteiger partial charge in [0.15, 0.2) is 0 Å². The standard InChI is InChI=1S/C13H16O2/c1-13(9-14)7-3-4-10-5-6-11(15-2)8-12(10)13/h5-6,8-9H,3-4,7H2,1-2H3/t13-/m1/s1. The number of ether oxygens (including phenoxy) is 1. The first-order valence-electron chi connectivity index (χ1n) is 5.33. The fourth-order valence-electron chi connectivity index (χ4n) is 2.34. The molecule has 0 bridgehead atoms. The second-order valence-electron chi connectivity index (χ2n) is 4.41. The molecule has 1 aromatic rings. The summed E-state index contributed by atoms with van der Waals surface area (Å²) >= 11 is 0. The molecule has 0 aliphatic heterocycles. The van der Waals surface area contributed by atoms with Crippen molar-refractivity contribution >= 4 is 6.29 Å². The number of aldehydes is 1. The van der Waals surface area contributed by atoms with Crippen molar-refractivity contribution < 1.29 is 9.53 Å². The van der Waals surface area contributed by atoms with Crippen LogP contribution in [-0.4, -0.2) is 13.4 Å². The molecular formula is C13H16O2. The van der Waals surface area contributed by atoms with Crippen LogP contribution >= 0.6 is 0 Å². The highest BCUT2D eigenvalue weighted by atomic mass is 16.5. The predicted octanol–water partition coefficient (Wildman–Crippen LogP) is 2.49. The number of fused-ring (bicyclic) bond motifs is 1. The highest BCUT2D eigenvalue weighted by molar-refractivity contribution is 5.70. The van der Waals surface area contributed by atoms with E-state index < -0.39 is 0 Å². The molecule has 0 heterocycles. The number of carbonyl (C=O) groups excluding carboxylic acids is 1. The lowest BCUT2D eigenvalue weighted by Gasteiger charge is -2.31. The minimum Gasteiger partial charge on any atom is -0.497 e. The number of rotatable bonds is 2. The molecule has 15 heavy (non-hydrogen) atoms. The Morgan fingerprint density at radius 2 is 2.27 bits per heavy atom. The van der Waals surface area contributed by atoms with E-state index in [2.05, 4.69) is 6.07 Å². The Bertz CT molecular complexity index is 384. The molecule has 0 radical (unpaired) electrons. The summed E-state index contributed by atoms with van der Waals surface area (Å²) in [5, 5.41) is 0. The average molecular weight is 204 g/mol. The monoisotopic (exact) mass is 204 g/mol. The summed E-state index contributed by atoms with van der Waals surface area (Å²) in [6.07, 6.45) is 4.18. The van der Waals surface area contributed by atoms with Gasteiger partial charge in [-0.05, 0) is 49.4 Å². The van der Waals surface area contributed by atoms with Gasteiger partial charge in [0.2, 0.25) is 0 Å². The van der Waals surface area contributed by atoms with E-state index in [1.165, 1.54) is 5.56 Å². The molecule has 2 nitrogen and oxygen atoms in total. The summed E-state index contributed by atoms with van der Waals surface area (Å²) < 4.78 is 5.20. The molecule has 2 heteroatoms. The first-order chi connectivity index (χ1) is 7.19. The summed E-state index contributed by atoms with van der Waals surface area (Å²) in [5.41, 5.74) is 2.11. The van der Waals surface area contributed by atoms with Crippen LogP contribution in [0.4, 0.5) is 0 Å². The third kappa shape index (κ3) is 1.65. The van der Waals surface area contributed by atoms with Crippen molar-refractivity contribution in [1.29, 1.82) is 0 Å². The van der Waals surface area contributed by atoms with E-state index in [0.29, 0.717) is 0 Å². The summed E-state index contributed by atoms with van der Waals surface area (Å²) in [5.74, 6) is 0.837. The zero-order valence-electron chi connectivity index (χ0n) is 9.25. The fourth-order valence-corrected chi connectivity index (χ4v) is 2.34. The van der Waals surface area contributed by atoms with Gasteiger partial charge in [0.05, 0.1) is 7.11 Å². The largest absolute Gasteiger partial charge is 0.497 e. The minimum absolute atomic E-state index is 0.317. The quantitative estimate of drug-likeness (QED) is 0.692. The number of carbonyl (C=O) groups is 1. The predicted molar refractivity (Wildman–Crippen MR) is 59.3 cm³/mol. The molecule has 0 N–H and O–H groups in total. The van der Waals surface area contributed by atoms with E-state index in [1.54, 1.807) is 7.11 Å². The molecule has 0 aromatic heterocycles. The van der Waals surface area contributed by atoms with Gasteiger partial charge < -0.3 is 9.53 Å². The van der Waals surface area contributed by atoms with E-state index in [4.69, 9.17) is 4.74 Å². The number of methoxy groups -OCH3 is 1. The highest BCUT2D eigenvalue weighted by Gasteiger charge is 2.31. The van der Waals surface area contributed by atoms with Crippen LogP contribution in [0.15, 0.2) is 18.2 Å². The normalized spacial score (nSPS) is 24.4. The Labute approximate surface area is 90.3 Å². The van der Waals surface area contributed by atoms with Crippen LogP contribution < -0.4 is 4.74 Å². The number of hydrogen-bond acceptors (Lipinski definition) is 2. The van der Waals surface area contributed by atoms with Crippen molar-refractivity contribution in [3.63, 3.8) is 0 Å². The SMILES string of the molecule is COc1ccc2c(c1)[C@@](C)(C=O)CCC2. The van der Waals surface area contributed by atoms with Gasteiger partial charge in [0, 0.05) is 5.41 Å². The van der Waals surface area contributed by atoms with E-state index in [1.807, 2.05) is 19.1 Å². The van der Waals surface area contributed by atoms with E-state index in [9.17, 15) is 4.79 Å². The van der Waals surface area contributed by atoms with Crippen LogP contribution in [0.25, 0.3) is 0 Å². The van der Waals surface area contributed by atoms with Crippen LogP contribution in [0.1, 0.15) is 30.9 Å². The Balaban J connectivity index is 2.53. The van der Waals surface area contributed by atoms with Gasteiger partial charge in [-0.25, -0.2) is 0 Å². The van der Waals surface area contributed by atoms with Crippen molar-refractivity contribution in [2.75, 3.05) is 7.11 Å². The van der Waals surface area contributed by atoms with Gasteiger partial charge in [0.1, 0.15) is 12.0 Å². The van der Waals surface area contributed by atoms with Crippen molar-refractivity contribution in [3.05, 3.63) is 29.3 Å². The molecule has 0 saturated carbocycles. The lowest BCUT2D eigenvalue weighted by atomic mass is 9.72. The second-order valence-corrected chi connectivity index (χ2v) is 4.41. The first kappa shape index (κ1) is 10.2. The number of hydrogen-bond donors (Lipinski definition) is 0. The van der Waals surface area contributed by atoms with E-state index in [0.717, 1.165) is 36.9 Å². The molecule has 0 saturated heterocycles. The van der Waals surface area contributed by atoms with Crippen molar-refractivity contribution in [3.8, 4) is 5.75 Å². The third-order valence-corrected chi connectivity index (χ3v) is 3.33. The molecule has 1 atom stereocenters. The van der Waals surface area contributed by atoms with Crippen molar-refractivity contribution in [2.45, 2.75) is 31.6 Å². The Morgan fingerprint density at radius 3 is 2.93 bits per heavy atom. The van der Waals surface area contributed by atoms with Crippen LogP contribution in [-0.2, 0) is 16.6 Å². The second kappa shape index (κ2) is 3.69. The fraction of sp³-hybridized carbons (Fsp3) is 0.462. The van der Waals surface area contributed by atoms with Gasteiger partial charge in [0.25, 0.3) is 0 Å². The molecule has 0 amide bonds. The number of benzene rings is 1. The molecule has 0 fully saturated rings. The summed E-state index contributed by atoms with van der Waals surface area (Å²) in [4.78, 5) is 11.2. The molecule has 2 rings (SSSR count). The van der Waals surface area contributed by atoms with Crippen LogP contribution in [0.2, 0.25) is 0 Å². The smallest absolute Gasteiger partial charge is 0.130 e. The van der Waals surface area contributed by atoms with E-state index in [-0.39, 0.29) is 5.41 Å². The zero-order valence-corrected chi connectivity index (χ0v) is 9.25. The average Bonchev–Trinajstić information content (AvgIpc) is 2.29. The molecular weight excluding hydrogens is 188 g/mol. The maximum absolute atomic E-state index is 11.2. The molecule has 80 valence electrons. The Hall–Kier alpha value is -1.31. The van der Waals surface area contributed by atoms with Gasteiger partial charge in [-0.2, -0.15) is 0 Å². The van der Waals surface area contributed by atoms with Crippen molar-refractivity contribution in [2.24, 2.45) is 0 Å². The molecule has 0 unspecified atom stereocenters. The van der Waals surface area contributed by atoms with Gasteiger partial charge in [-0.3, -0.25) is 0 Å². The lowest BCUT2D eigenvalue weighted by molar-refractivity contribution is -0.112. The molecule has 0 spiro atoms. The lowest BCUT2D eigenvalue weighted by Crippen LogP contribution is -2.29. The van der Waals surface area contributed by atoms with E-state index >= 15 is 0 Å². The summed E-state index contributed by atoms with van der Waals surface area (Å²) in [7, 11) is 1.66. The minimum atomic E-state index is -0.317. The highest BCUT2D eigenvalue weighted by Crippen LogP contribution is 2.37. The van der Waals surface area contributed by atoms with Crippen LogP contribution in [0, 0.1) is 0 Å². The summed E-state index contributed by atoms with van der Waals surface area (Å²) in [6, 6.07) is 6.05. The topological polar surface area (TPSA) is 26.3 Å². The molecule has 1 aliphatic carbocycles. The van der Waals surface area contributed by atoms with Crippen LogP contribution in [0.3, 0.4) is 0 Å². The summed E-state index contributed by atoms with van der Waals surface area (Å²) in [6.45, 7) is 2.01. The zero-order chi connectivity index (χ0) is 10.9. The first-order valence-corrected chi connectivity index (χ1v) is 5.33. The van der Waals surface area contributed by atoms with Gasteiger partial charge in [-0.1, -0.05) is 6.07 Å². The third-order valence-electron chi connectivity index (χ3n) is 3.33. The Morgan fingerprint density at radius 1 is 1.47 bits per heavy atom. The van der Waals surface area contributed by atoms with Gasteiger partial charge >= 0.3 is 0 Å².